The van der Waals surface area contributed by atoms with Crippen LogP contribution in [0.2, 0.25) is 0 Å². The zero-order valence-electron chi connectivity index (χ0n) is 17.2. The smallest absolute Gasteiger partial charge is 0.267 e. The molecule has 4 aromatic rings. The fraction of sp³-hybridized carbons (Fsp3) is 0.250. The van der Waals surface area contributed by atoms with Crippen molar-refractivity contribution < 1.29 is 9.53 Å². The van der Waals surface area contributed by atoms with Gasteiger partial charge in [0.1, 0.15) is 15.5 Å². The maximum atomic E-state index is 13.1. The highest BCUT2D eigenvalue weighted by molar-refractivity contribution is 7.21. The number of pyridine rings is 1. The quantitative estimate of drug-likeness (QED) is 0.384. The van der Waals surface area contributed by atoms with Crippen LogP contribution >= 0.6 is 22.7 Å². The van der Waals surface area contributed by atoms with Gasteiger partial charge in [0.2, 0.25) is 0 Å². The number of nitrogens with zero attached hydrogens (tertiary/aromatic N) is 1. The summed E-state index contributed by atoms with van der Waals surface area (Å²) in [5.74, 6) is 0.567. The molecule has 0 bridgehead atoms. The van der Waals surface area contributed by atoms with Crippen LogP contribution in [0.1, 0.15) is 40.7 Å². The van der Waals surface area contributed by atoms with Crippen LogP contribution in [0.25, 0.3) is 20.7 Å². The highest BCUT2D eigenvalue weighted by Gasteiger charge is 2.26. The molecule has 0 radical (unpaired) electrons. The third-order valence-electron chi connectivity index (χ3n) is 5.55. The predicted molar refractivity (Wildman–Crippen MR) is 130 cm³/mol. The Hall–Kier alpha value is -2.90. The van der Waals surface area contributed by atoms with E-state index in [0.717, 1.165) is 47.3 Å². The molecule has 0 saturated carbocycles. The molecular weight excluding hydrogens is 426 g/mol. The fourth-order valence-corrected chi connectivity index (χ4v) is 5.98. The van der Waals surface area contributed by atoms with Crippen molar-refractivity contribution in [2.24, 2.45) is 0 Å². The van der Waals surface area contributed by atoms with Crippen LogP contribution in [0, 0.1) is 0 Å². The second-order valence-corrected chi connectivity index (χ2v) is 9.48. The number of nitrogens with two attached hydrogens (primary N) is 1. The molecule has 3 aromatic heterocycles. The number of carbonyl (C=O) groups excluding carboxylic acids is 1. The number of carbonyl (C=O) groups is 1. The molecule has 1 aliphatic carbocycles. The van der Waals surface area contributed by atoms with Gasteiger partial charge < -0.3 is 15.8 Å². The average molecular weight is 450 g/mol. The Morgan fingerprint density at radius 2 is 2.00 bits per heavy atom. The van der Waals surface area contributed by atoms with Crippen LogP contribution in [0.4, 0.5) is 11.4 Å². The number of hydrogen-bond donors (Lipinski definition) is 2. The Morgan fingerprint density at radius 1 is 1.19 bits per heavy atom. The summed E-state index contributed by atoms with van der Waals surface area (Å²) in [6, 6.07) is 11.5. The lowest BCUT2D eigenvalue weighted by molar-refractivity contribution is 0.103. The van der Waals surface area contributed by atoms with E-state index in [1.807, 2.05) is 31.2 Å². The standard InChI is InChI=1S/C24H23N3O2S2/c1-2-29-15-11-9-14(10-12-15)26-23(28)22-21(25)20-19(18-8-5-13-30-18)16-6-3-4-7-17(16)27-24(20)31-22/h5,8-13H,2-4,6-7,25H2,1H3,(H,26,28). The Labute approximate surface area is 188 Å². The van der Waals surface area contributed by atoms with Crippen LogP contribution in [0.15, 0.2) is 41.8 Å². The molecule has 5 rings (SSSR count). The predicted octanol–water partition coefficient (Wildman–Crippen LogP) is 6.14. The molecule has 0 atom stereocenters. The minimum Gasteiger partial charge on any atom is -0.494 e. The van der Waals surface area contributed by atoms with Gasteiger partial charge in [-0.2, -0.15) is 0 Å². The molecule has 1 aliphatic rings. The van der Waals surface area contributed by atoms with Crippen LogP contribution in [-0.4, -0.2) is 17.5 Å². The van der Waals surface area contributed by atoms with Crippen LogP contribution < -0.4 is 15.8 Å². The molecule has 31 heavy (non-hydrogen) atoms. The Kier molecular flexibility index (Phi) is 5.38. The van der Waals surface area contributed by atoms with Crippen molar-refractivity contribution >= 4 is 50.2 Å². The molecule has 158 valence electrons. The maximum absolute atomic E-state index is 13.1. The van der Waals surface area contributed by atoms with Crippen molar-refractivity contribution in [2.75, 3.05) is 17.7 Å². The van der Waals surface area contributed by atoms with Crippen molar-refractivity contribution in [2.45, 2.75) is 32.6 Å². The van der Waals surface area contributed by atoms with Crippen LogP contribution in [-0.2, 0) is 12.8 Å². The van der Waals surface area contributed by atoms with Crippen molar-refractivity contribution in [1.82, 2.24) is 4.98 Å². The van der Waals surface area contributed by atoms with E-state index in [1.54, 1.807) is 11.3 Å². The van der Waals surface area contributed by atoms with Crippen molar-refractivity contribution in [3.8, 4) is 16.2 Å². The number of ether oxygens (including phenoxy) is 1. The number of nitrogen functional groups attached to an aromatic ring is 1. The van der Waals surface area contributed by atoms with E-state index in [4.69, 9.17) is 15.5 Å². The zero-order valence-corrected chi connectivity index (χ0v) is 18.9. The lowest BCUT2D eigenvalue weighted by atomic mass is 9.90. The van der Waals surface area contributed by atoms with Crippen molar-refractivity contribution in [1.29, 1.82) is 0 Å². The minimum atomic E-state index is -0.209. The van der Waals surface area contributed by atoms with Crippen LogP contribution in [0.3, 0.4) is 0 Å². The SMILES string of the molecule is CCOc1ccc(NC(=O)c2sc3nc4c(c(-c5cccs5)c3c2N)CCCC4)cc1. The molecule has 3 heterocycles. The van der Waals surface area contributed by atoms with E-state index in [0.29, 0.717) is 22.9 Å². The van der Waals surface area contributed by atoms with Gasteiger partial charge in [-0.1, -0.05) is 6.07 Å². The van der Waals surface area contributed by atoms with Gasteiger partial charge in [-0.25, -0.2) is 4.98 Å². The Morgan fingerprint density at radius 3 is 2.74 bits per heavy atom. The first-order valence-electron chi connectivity index (χ1n) is 10.5. The van der Waals surface area contributed by atoms with Gasteiger partial charge in [0.25, 0.3) is 5.91 Å². The van der Waals surface area contributed by atoms with E-state index in [2.05, 4.69) is 22.8 Å². The number of nitrogens with one attached hydrogen (secondary N) is 1. The number of benzene rings is 1. The first kappa shape index (κ1) is 20.0. The lowest BCUT2D eigenvalue weighted by Gasteiger charge is -2.19. The van der Waals surface area contributed by atoms with Crippen molar-refractivity contribution in [3.05, 3.63) is 57.9 Å². The summed E-state index contributed by atoms with van der Waals surface area (Å²) in [4.78, 5) is 20.6. The molecule has 0 saturated heterocycles. The molecule has 3 N–H and O–H groups in total. The summed E-state index contributed by atoms with van der Waals surface area (Å²) >= 11 is 3.09. The lowest BCUT2D eigenvalue weighted by Crippen LogP contribution is -2.12. The molecule has 5 nitrogen and oxygen atoms in total. The molecule has 7 heteroatoms. The molecule has 0 fully saturated rings. The summed E-state index contributed by atoms with van der Waals surface area (Å²) in [6.45, 7) is 2.55. The van der Waals surface area contributed by atoms with E-state index in [-0.39, 0.29) is 5.91 Å². The largest absolute Gasteiger partial charge is 0.494 e. The number of fused-ring (bicyclic) bond motifs is 2. The minimum absolute atomic E-state index is 0.209. The highest BCUT2D eigenvalue weighted by Crippen LogP contribution is 2.45. The number of thiophene rings is 2. The van der Waals surface area contributed by atoms with Gasteiger partial charge in [0.05, 0.1) is 12.3 Å². The summed E-state index contributed by atoms with van der Waals surface area (Å²) in [7, 11) is 0. The molecule has 0 spiro atoms. The molecule has 1 amide bonds. The molecule has 0 unspecified atom stereocenters. The highest BCUT2D eigenvalue weighted by atomic mass is 32.1. The first-order chi connectivity index (χ1) is 15.2. The third kappa shape index (κ3) is 3.68. The van der Waals surface area contributed by atoms with E-state index in [9.17, 15) is 4.79 Å². The van der Waals surface area contributed by atoms with Crippen LogP contribution in [0.5, 0.6) is 5.75 Å². The number of anilines is 2. The number of aryl methyl sites for hydroxylation is 1. The number of aromatic nitrogens is 1. The summed E-state index contributed by atoms with van der Waals surface area (Å²) in [5, 5.41) is 5.97. The summed E-state index contributed by atoms with van der Waals surface area (Å²) < 4.78 is 5.47. The average Bonchev–Trinajstić information content (AvgIpc) is 3.42. The molecule has 1 aromatic carbocycles. The Bertz CT molecular complexity index is 1240. The zero-order chi connectivity index (χ0) is 21.4. The van der Waals surface area contributed by atoms with Crippen molar-refractivity contribution in [3.63, 3.8) is 0 Å². The van der Waals surface area contributed by atoms with Gasteiger partial charge in [0.15, 0.2) is 0 Å². The van der Waals surface area contributed by atoms with E-state index in [1.165, 1.54) is 27.3 Å². The number of amides is 1. The Balaban J connectivity index is 1.56. The summed E-state index contributed by atoms with van der Waals surface area (Å²) in [6.07, 6.45) is 4.30. The third-order valence-corrected chi connectivity index (χ3v) is 7.54. The van der Waals surface area contributed by atoms with Gasteiger partial charge >= 0.3 is 0 Å². The summed E-state index contributed by atoms with van der Waals surface area (Å²) in [5.41, 5.74) is 11.4. The van der Waals surface area contributed by atoms with E-state index < -0.39 is 0 Å². The number of rotatable bonds is 5. The van der Waals surface area contributed by atoms with Gasteiger partial charge in [0, 0.05) is 27.2 Å². The monoisotopic (exact) mass is 449 g/mol. The maximum Gasteiger partial charge on any atom is 0.267 e. The normalized spacial score (nSPS) is 13.2. The van der Waals surface area contributed by atoms with Gasteiger partial charge in [-0.3, -0.25) is 4.79 Å². The molecule has 0 aliphatic heterocycles. The van der Waals surface area contributed by atoms with Gasteiger partial charge in [-0.15, -0.1) is 22.7 Å². The number of hydrogen-bond acceptors (Lipinski definition) is 6. The first-order valence-corrected chi connectivity index (χ1v) is 12.2. The second-order valence-electron chi connectivity index (χ2n) is 7.53. The fourth-order valence-electron chi connectivity index (χ4n) is 4.16. The second kappa shape index (κ2) is 8.32. The molecular formula is C24H23N3O2S2. The topological polar surface area (TPSA) is 77.2 Å². The van der Waals surface area contributed by atoms with E-state index >= 15 is 0 Å². The van der Waals surface area contributed by atoms with Gasteiger partial charge in [-0.05, 0) is 73.9 Å².